The number of amides is 2. The summed E-state index contributed by atoms with van der Waals surface area (Å²) in [6.45, 7) is 16.4. The van der Waals surface area contributed by atoms with Crippen LogP contribution in [0, 0.1) is 6.92 Å². The van der Waals surface area contributed by atoms with Gasteiger partial charge >= 0.3 is 6.03 Å². The fourth-order valence-electron chi connectivity index (χ4n) is 4.21. The summed E-state index contributed by atoms with van der Waals surface area (Å²) in [5, 5.41) is 3.25. The van der Waals surface area contributed by atoms with Crippen molar-refractivity contribution in [2.24, 2.45) is 0 Å². The van der Waals surface area contributed by atoms with E-state index in [4.69, 9.17) is 0 Å². The summed E-state index contributed by atoms with van der Waals surface area (Å²) in [7, 11) is 0. The number of nitrogens with one attached hydrogen (secondary N) is 1. The van der Waals surface area contributed by atoms with Crippen LogP contribution in [0.2, 0.25) is 0 Å². The van der Waals surface area contributed by atoms with E-state index in [2.05, 4.69) is 106 Å². The van der Waals surface area contributed by atoms with Crippen LogP contribution in [0.4, 0.5) is 10.5 Å². The summed E-state index contributed by atoms with van der Waals surface area (Å²) in [4.78, 5) is 15.3. The Morgan fingerprint density at radius 3 is 2.30 bits per heavy atom. The van der Waals surface area contributed by atoms with Gasteiger partial charge in [-0.2, -0.15) is 0 Å². The van der Waals surface area contributed by atoms with Gasteiger partial charge in [-0.05, 0) is 47.6 Å². The van der Waals surface area contributed by atoms with Gasteiger partial charge in [-0.25, -0.2) is 4.79 Å². The molecule has 4 heteroatoms. The number of aromatic nitrogens is 1. The molecule has 0 bridgehead atoms. The number of anilines is 1. The lowest BCUT2D eigenvalue weighted by molar-refractivity contribution is 0.214. The van der Waals surface area contributed by atoms with Crippen LogP contribution in [-0.4, -0.2) is 22.0 Å². The highest BCUT2D eigenvalue weighted by Gasteiger charge is 2.20. The van der Waals surface area contributed by atoms with E-state index < -0.39 is 0 Å². The average Bonchev–Trinajstić information content (AvgIpc) is 3.19. The number of carbonyl (C=O) groups is 1. The molecule has 0 atom stereocenters. The molecule has 33 heavy (non-hydrogen) atoms. The van der Waals surface area contributed by atoms with E-state index in [0.29, 0.717) is 24.9 Å². The number of hydrogen-bond acceptors (Lipinski definition) is 1. The maximum absolute atomic E-state index is 13.5. The second-order valence-electron chi connectivity index (χ2n) is 9.34. The number of para-hydroxylation sites is 1. The summed E-state index contributed by atoms with van der Waals surface area (Å²) in [6.07, 6.45) is 3.86. The van der Waals surface area contributed by atoms with Crippen LogP contribution in [-0.2, 0) is 13.1 Å². The average molecular weight is 444 g/mol. The Balaban J connectivity index is 1.83. The van der Waals surface area contributed by atoms with Gasteiger partial charge in [0, 0.05) is 30.7 Å². The number of benzene rings is 2. The van der Waals surface area contributed by atoms with Gasteiger partial charge in [-0.1, -0.05) is 81.8 Å². The molecule has 0 unspecified atom stereocenters. The third kappa shape index (κ3) is 6.16. The Hall–Kier alpha value is -3.27. The first-order valence-corrected chi connectivity index (χ1v) is 11.8. The van der Waals surface area contributed by atoms with Gasteiger partial charge in [0.2, 0.25) is 0 Å². The van der Waals surface area contributed by atoms with Crippen molar-refractivity contribution in [1.82, 2.24) is 9.47 Å². The van der Waals surface area contributed by atoms with Crippen molar-refractivity contribution >= 4 is 11.7 Å². The molecule has 0 aliphatic rings. The molecule has 1 heterocycles. The van der Waals surface area contributed by atoms with E-state index in [1.54, 1.807) is 6.08 Å². The largest absolute Gasteiger partial charge is 0.345 e. The second-order valence-corrected chi connectivity index (χ2v) is 9.34. The molecule has 0 fully saturated rings. The van der Waals surface area contributed by atoms with Gasteiger partial charge in [-0.15, -0.1) is 6.58 Å². The Morgan fingerprint density at radius 1 is 1.03 bits per heavy atom. The Bertz CT molecular complexity index is 1070. The van der Waals surface area contributed by atoms with Gasteiger partial charge in [0.15, 0.2) is 0 Å². The molecule has 0 aliphatic heterocycles. The van der Waals surface area contributed by atoms with Crippen LogP contribution >= 0.6 is 0 Å². The zero-order chi connectivity index (χ0) is 24.0. The molecule has 4 nitrogen and oxygen atoms in total. The van der Waals surface area contributed by atoms with E-state index in [-0.39, 0.29) is 6.03 Å². The molecule has 0 saturated carbocycles. The lowest BCUT2D eigenvalue weighted by atomic mass is 9.93. The fraction of sp³-hybridized carbons (Fsp3) is 0.345. The van der Waals surface area contributed by atoms with E-state index in [1.165, 1.54) is 11.1 Å². The summed E-state index contributed by atoms with van der Waals surface area (Å²) in [6, 6.07) is 18.9. The predicted molar refractivity (Wildman–Crippen MR) is 139 cm³/mol. The van der Waals surface area contributed by atoms with Gasteiger partial charge in [-0.3, -0.25) is 0 Å². The highest BCUT2D eigenvalue weighted by atomic mass is 16.2. The standard InChI is InChI=1S/C29H37N3O/c1-7-16-32(20-25-13-10-17-31(25)19-24-12-8-11-23(6)18-24)29(33)30-28-26(21(2)3)14-9-15-27(28)22(4)5/h7-15,17-18,21-22H,1,16,19-20H2,2-6H3,(H,30,33). The summed E-state index contributed by atoms with van der Waals surface area (Å²) < 4.78 is 2.21. The number of hydrogen-bond donors (Lipinski definition) is 1. The normalized spacial score (nSPS) is 11.1. The van der Waals surface area contributed by atoms with Gasteiger partial charge in [0.05, 0.1) is 6.54 Å². The minimum absolute atomic E-state index is 0.104. The molecule has 1 N–H and O–H groups in total. The molecule has 1 aromatic heterocycles. The van der Waals surface area contributed by atoms with Crippen molar-refractivity contribution in [3.8, 4) is 0 Å². The first-order chi connectivity index (χ1) is 15.8. The SMILES string of the molecule is C=CCN(Cc1cccn1Cc1cccc(C)c1)C(=O)Nc1c(C(C)C)cccc1C(C)C. The van der Waals surface area contributed by atoms with E-state index in [9.17, 15) is 4.79 Å². The Morgan fingerprint density at radius 2 is 1.70 bits per heavy atom. The molecule has 2 aromatic carbocycles. The van der Waals surface area contributed by atoms with Crippen molar-refractivity contribution in [3.05, 3.63) is 101 Å². The van der Waals surface area contributed by atoms with Crippen molar-refractivity contribution < 1.29 is 4.79 Å². The first kappa shape index (κ1) is 24.4. The quantitative estimate of drug-likeness (QED) is 0.346. The predicted octanol–water partition coefficient (Wildman–Crippen LogP) is 7.31. The molecule has 3 rings (SSSR count). The highest BCUT2D eigenvalue weighted by molar-refractivity contribution is 5.91. The van der Waals surface area contributed by atoms with Crippen LogP contribution in [0.25, 0.3) is 0 Å². The monoisotopic (exact) mass is 443 g/mol. The van der Waals surface area contributed by atoms with E-state index >= 15 is 0 Å². The summed E-state index contributed by atoms with van der Waals surface area (Å²) in [5.41, 5.74) is 6.86. The number of rotatable bonds is 9. The van der Waals surface area contributed by atoms with Crippen molar-refractivity contribution in [1.29, 1.82) is 0 Å². The van der Waals surface area contributed by atoms with E-state index in [1.807, 2.05) is 11.0 Å². The van der Waals surface area contributed by atoms with Crippen molar-refractivity contribution in [2.75, 3.05) is 11.9 Å². The van der Waals surface area contributed by atoms with Crippen LogP contribution in [0.1, 0.15) is 67.5 Å². The van der Waals surface area contributed by atoms with E-state index in [0.717, 1.165) is 29.1 Å². The second kappa shape index (κ2) is 11.0. The molecule has 174 valence electrons. The maximum atomic E-state index is 13.5. The molecule has 0 saturated heterocycles. The molecule has 3 aromatic rings. The molecule has 0 radical (unpaired) electrons. The molecular weight excluding hydrogens is 406 g/mol. The topological polar surface area (TPSA) is 37.3 Å². The minimum atomic E-state index is -0.104. The van der Waals surface area contributed by atoms with Crippen LogP contribution in [0.5, 0.6) is 0 Å². The lowest BCUT2D eigenvalue weighted by Gasteiger charge is -2.26. The lowest BCUT2D eigenvalue weighted by Crippen LogP contribution is -2.36. The fourth-order valence-corrected chi connectivity index (χ4v) is 4.21. The Kier molecular flexibility index (Phi) is 8.16. The van der Waals surface area contributed by atoms with Crippen LogP contribution in [0.3, 0.4) is 0 Å². The zero-order valence-corrected chi connectivity index (χ0v) is 20.6. The summed E-state index contributed by atoms with van der Waals surface area (Å²) in [5.74, 6) is 0.636. The zero-order valence-electron chi connectivity index (χ0n) is 20.6. The number of nitrogens with zero attached hydrogens (tertiary/aromatic N) is 2. The van der Waals surface area contributed by atoms with Gasteiger partial charge in [0.1, 0.15) is 0 Å². The molecule has 0 spiro atoms. The number of urea groups is 1. The van der Waals surface area contributed by atoms with Crippen molar-refractivity contribution in [3.63, 3.8) is 0 Å². The molecule has 2 amide bonds. The Labute approximate surface area is 198 Å². The van der Waals surface area contributed by atoms with Crippen LogP contribution in [0.15, 0.2) is 73.4 Å². The van der Waals surface area contributed by atoms with Crippen molar-refractivity contribution in [2.45, 2.75) is 59.5 Å². The highest BCUT2D eigenvalue weighted by Crippen LogP contribution is 2.32. The van der Waals surface area contributed by atoms with Gasteiger partial charge < -0.3 is 14.8 Å². The van der Waals surface area contributed by atoms with Crippen LogP contribution < -0.4 is 5.32 Å². The molecule has 0 aliphatic carbocycles. The third-order valence-electron chi connectivity index (χ3n) is 5.95. The first-order valence-electron chi connectivity index (χ1n) is 11.8. The van der Waals surface area contributed by atoms with Gasteiger partial charge in [0.25, 0.3) is 0 Å². The molecular formula is C29H37N3O. The number of aryl methyl sites for hydroxylation is 1. The maximum Gasteiger partial charge on any atom is 0.322 e. The number of carbonyl (C=O) groups excluding carboxylic acids is 1. The summed E-state index contributed by atoms with van der Waals surface area (Å²) >= 11 is 0. The third-order valence-corrected chi connectivity index (χ3v) is 5.95. The minimum Gasteiger partial charge on any atom is -0.345 e. The smallest absolute Gasteiger partial charge is 0.322 e.